The first-order valence-corrected chi connectivity index (χ1v) is 5.89. The second-order valence-corrected chi connectivity index (χ2v) is 5.06. The van der Waals surface area contributed by atoms with Crippen molar-refractivity contribution < 1.29 is 8.42 Å². The van der Waals surface area contributed by atoms with Crippen molar-refractivity contribution >= 4 is 19.7 Å². The number of nitrogens with zero attached hydrogens (tertiary/aromatic N) is 1. The molecule has 0 aliphatic carbocycles. The maximum absolute atomic E-state index is 11.1. The Morgan fingerprint density at radius 2 is 2.13 bits per heavy atom. The third-order valence-electron chi connectivity index (χ3n) is 1.50. The zero-order chi connectivity index (χ0) is 11.6. The molecule has 0 amide bonds. The van der Waals surface area contributed by atoms with Crippen molar-refractivity contribution in [1.29, 1.82) is 0 Å². The normalized spacial score (nSPS) is 10.9. The standard InChI is InChI=1S/C7H5ClN2O4S/c1-2-3-10-4-5(15(8,13)14)6(11)9-7(10)12/h1,4H,3H2,(H,9,11,12). The fraction of sp³-hybridized carbons (Fsp3) is 0.143. The molecule has 0 saturated carbocycles. The van der Waals surface area contributed by atoms with Crippen LogP contribution in [-0.4, -0.2) is 18.0 Å². The number of aromatic nitrogens is 2. The minimum atomic E-state index is -4.19. The van der Waals surface area contributed by atoms with Crippen LogP contribution < -0.4 is 11.2 Å². The van der Waals surface area contributed by atoms with Crippen LogP contribution in [0.1, 0.15) is 0 Å². The van der Waals surface area contributed by atoms with Crippen LogP contribution in [0.3, 0.4) is 0 Å². The Balaban J connectivity index is 3.60. The highest BCUT2D eigenvalue weighted by Crippen LogP contribution is 2.06. The Labute approximate surface area is 88.9 Å². The molecule has 8 heteroatoms. The number of nitrogens with one attached hydrogen (secondary N) is 1. The fourth-order valence-corrected chi connectivity index (χ4v) is 1.73. The van der Waals surface area contributed by atoms with Crippen molar-refractivity contribution in [3.8, 4) is 12.3 Å². The van der Waals surface area contributed by atoms with E-state index in [1.807, 2.05) is 0 Å². The van der Waals surface area contributed by atoms with E-state index in [-0.39, 0.29) is 6.54 Å². The summed E-state index contributed by atoms with van der Waals surface area (Å²) in [6.45, 7) is -0.158. The van der Waals surface area contributed by atoms with Gasteiger partial charge in [0.1, 0.15) is 0 Å². The Kier molecular flexibility index (Phi) is 3.02. The molecule has 0 aliphatic rings. The van der Waals surface area contributed by atoms with Crippen LogP contribution in [0.2, 0.25) is 0 Å². The van der Waals surface area contributed by atoms with Gasteiger partial charge in [-0.05, 0) is 0 Å². The Morgan fingerprint density at radius 3 is 2.60 bits per heavy atom. The van der Waals surface area contributed by atoms with Crippen molar-refractivity contribution in [2.75, 3.05) is 0 Å². The van der Waals surface area contributed by atoms with E-state index in [1.54, 1.807) is 4.98 Å². The second kappa shape index (κ2) is 3.92. The summed E-state index contributed by atoms with van der Waals surface area (Å²) >= 11 is 0. The van der Waals surface area contributed by atoms with Gasteiger partial charge >= 0.3 is 5.69 Å². The zero-order valence-corrected chi connectivity index (χ0v) is 8.80. The SMILES string of the molecule is C#CCn1cc(S(=O)(=O)Cl)c(=O)[nH]c1=O. The predicted octanol–water partition coefficient (Wildman–Crippen LogP) is -0.903. The van der Waals surface area contributed by atoms with Gasteiger partial charge in [0.25, 0.3) is 14.6 Å². The molecule has 1 heterocycles. The van der Waals surface area contributed by atoms with Crippen LogP contribution in [0.15, 0.2) is 20.7 Å². The van der Waals surface area contributed by atoms with E-state index in [0.717, 1.165) is 10.8 Å². The van der Waals surface area contributed by atoms with Gasteiger partial charge in [0.15, 0.2) is 4.90 Å². The average molecular weight is 249 g/mol. The number of hydrogen-bond donors (Lipinski definition) is 1. The minimum absolute atomic E-state index is 0.158. The monoisotopic (exact) mass is 248 g/mol. The molecule has 0 aliphatic heterocycles. The summed E-state index contributed by atoms with van der Waals surface area (Å²) in [4.78, 5) is 23.2. The molecular weight excluding hydrogens is 244 g/mol. The molecule has 6 nitrogen and oxygen atoms in total. The van der Waals surface area contributed by atoms with Gasteiger partial charge < -0.3 is 0 Å². The molecule has 1 N–H and O–H groups in total. The van der Waals surface area contributed by atoms with Gasteiger partial charge in [-0.15, -0.1) is 6.42 Å². The van der Waals surface area contributed by atoms with Crippen LogP contribution in [0.25, 0.3) is 0 Å². The van der Waals surface area contributed by atoms with Crippen molar-refractivity contribution in [2.45, 2.75) is 11.4 Å². The van der Waals surface area contributed by atoms with E-state index in [9.17, 15) is 18.0 Å². The number of terminal acetylenes is 1. The van der Waals surface area contributed by atoms with Crippen LogP contribution in [0.5, 0.6) is 0 Å². The molecule has 15 heavy (non-hydrogen) atoms. The molecule has 1 aromatic rings. The summed E-state index contributed by atoms with van der Waals surface area (Å²) < 4.78 is 22.7. The van der Waals surface area contributed by atoms with Crippen LogP contribution in [0.4, 0.5) is 0 Å². The van der Waals surface area contributed by atoms with E-state index in [0.29, 0.717) is 0 Å². The van der Waals surface area contributed by atoms with E-state index < -0.39 is 25.2 Å². The lowest BCUT2D eigenvalue weighted by atomic mass is 10.6. The highest BCUT2D eigenvalue weighted by molar-refractivity contribution is 8.13. The van der Waals surface area contributed by atoms with Crippen LogP contribution in [0, 0.1) is 12.3 Å². The van der Waals surface area contributed by atoms with Gasteiger partial charge in [0.2, 0.25) is 0 Å². The molecular formula is C7H5ClN2O4S. The quantitative estimate of drug-likeness (QED) is 0.542. The van der Waals surface area contributed by atoms with E-state index in [1.165, 1.54) is 0 Å². The number of H-pyrrole nitrogens is 1. The van der Waals surface area contributed by atoms with E-state index in [4.69, 9.17) is 17.1 Å². The molecule has 0 spiro atoms. The van der Waals surface area contributed by atoms with E-state index >= 15 is 0 Å². The van der Waals surface area contributed by atoms with Gasteiger partial charge in [-0.25, -0.2) is 13.2 Å². The van der Waals surface area contributed by atoms with Gasteiger partial charge in [0.05, 0.1) is 6.54 Å². The molecule has 1 rings (SSSR count). The first-order chi connectivity index (χ1) is 6.86. The second-order valence-electron chi connectivity index (χ2n) is 2.52. The molecule has 0 bridgehead atoms. The highest BCUT2D eigenvalue weighted by Gasteiger charge is 2.16. The summed E-state index contributed by atoms with van der Waals surface area (Å²) in [7, 11) is 0.783. The largest absolute Gasteiger partial charge is 0.329 e. The minimum Gasteiger partial charge on any atom is -0.288 e. The van der Waals surface area contributed by atoms with Crippen molar-refractivity contribution in [3.05, 3.63) is 27.0 Å². The van der Waals surface area contributed by atoms with Crippen molar-refractivity contribution in [2.24, 2.45) is 0 Å². The summed E-state index contributed by atoms with van der Waals surface area (Å²) in [6.07, 6.45) is 5.75. The Hall–Kier alpha value is -1.52. The average Bonchev–Trinajstić information content (AvgIpc) is 2.07. The Bertz CT molecular complexity index is 634. The molecule has 0 fully saturated rings. The van der Waals surface area contributed by atoms with Crippen molar-refractivity contribution in [1.82, 2.24) is 9.55 Å². The number of halogens is 1. The van der Waals surface area contributed by atoms with E-state index in [2.05, 4.69) is 5.92 Å². The summed E-state index contributed by atoms with van der Waals surface area (Å²) in [5.74, 6) is 2.13. The number of hydrogen-bond acceptors (Lipinski definition) is 4. The first-order valence-electron chi connectivity index (χ1n) is 3.58. The first kappa shape index (κ1) is 11.6. The summed E-state index contributed by atoms with van der Waals surface area (Å²) in [5, 5.41) is 0. The van der Waals surface area contributed by atoms with Crippen molar-refractivity contribution in [3.63, 3.8) is 0 Å². The molecule has 0 radical (unpaired) electrons. The maximum atomic E-state index is 11.1. The lowest BCUT2D eigenvalue weighted by molar-refractivity contribution is 0.604. The molecule has 0 aromatic carbocycles. The number of aromatic amines is 1. The molecule has 0 atom stereocenters. The summed E-state index contributed by atoms with van der Waals surface area (Å²) in [5.41, 5.74) is -1.86. The van der Waals surface area contributed by atoms with Gasteiger partial charge in [-0.3, -0.25) is 14.3 Å². The van der Waals surface area contributed by atoms with Gasteiger partial charge in [-0.2, -0.15) is 0 Å². The predicted molar refractivity (Wildman–Crippen MR) is 53.2 cm³/mol. The van der Waals surface area contributed by atoms with Gasteiger partial charge in [-0.1, -0.05) is 5.92 Å². The van der Waals surface area contributed by atoms with Crippen LogP contribution >= 0.6 is 10.7 Å². The summed E-state index contributed by atoms with van der Waals surface area (Å²) in [6, 6.07) is 0. The Morgan fingerprint density at radius 1 is 1.53 bits per heavy atom. The molecule has 80 valence electrons. The highest BCUT2D eigenvalue weighted by atomic mass is 35.7. The lowest BCUT2D eigenvalue weighted by Crippen LogP contribution is -2.32. The molecule has 1 aromatic heterocycles. The topological polar surface area (TPSA) is 89.0 Å². The molecule has 0 unspecified atom stereocenters. The van der Waals surface area contributed by atoms with Gasteiger partial charge in [0, 0.05) is 16.9 Å². The third-order valence-corrected chi connectivity index (χ3v) is 2.82. The lowest BCUT2D eigenvalue weighted by Gasteiger charge is -2.00. The fourth-order valence-electron chi connectivity index (χ4n) is 0.879. The third kappa shape index (κ3) is 2.49. The zero-order valence-electron chi connectivity index (χ0n) is 7.23. The van der Waals surface area contributed by atoms with Crippen LogP contribution in [-0.2, 0) is 15.6 Å². The molecule has 0 saturated heterocycles. The number of rotatable bonds is 2. The maximum Gasteiger partial charge on any atom is 0.329 e. The smallest absolute Gasteiger partial charge is 0.288 e.